The summed E-state index contributed by atoms with van der Waals surface area (Å²) < 4.78 is 0. The lowest BCUT2D eigenvalue weighted by molar-refractivity contribution is -0.138. The summed E-state index contributed by atoms with van der Waals surface area (Å²) in [6.07, 6.45) is 0.218. The van der Waals surface area contributed by atoms with Crippen LogP contribution in [0.2, 0.25) is 0 Å². The first-order valence-corrected chi connectivity index (χ1v) is 6.14. The summed E-state index contributed by atoms with van der Waals surface area (Å²) in [7, 11) is 0. The van der Waals surface area contributed by atoms with Crippen molar-refractivity contribution in [2.24, 2.45) is 5.73 Å². The topological polar surface area (TPSA) is 118 Å². The van der Waals surface area contributed by atoms with Gasteiger partial charge in [0, 0.05) is 12.8 Å². The first kappa shape index (κ1) is 15.8. The maximum absolute atomic E-state index is 11.8. The predicted molar refractivity (Wildman–Crippen MR) is 71.7 cm³/mol. The maximum atomic E-state index is 11.8. The quantitative estimate of drug-likeness (QED) is 0.685. The molecule has 0 aliphatic rings. The van der Waals surface area contributed by atoms with Gasteiger partial charge in [0.1, 0.15) is 11.8 Å². The van der Waals surface area contributed by atoms with E-state index >= 15 is 0 Å². The third-order valence-electron chi connectivity index (χ3n) is 3.04. The number of aliphatic carboxylic acids is 1. The van der Waals surface area contributed by atoms with Gasteiger partial charge in [-0.05, 0) is 36.6 Å². The van der Waals surface area contributed by atoms with Gasteiger partial charge in [0.15, 0.2) is 0 Å². The van der Waals surface area contributed by atoms with Crippen molar-refractivity contribution < 1.29 is 24.6 Å². The van der Waals surface area contributed by atoms with Crippen LogP contribution in [-0.4, -0.2) is 34.0 Å². The average molecular weight is 279 g/mol. The molecule has 0 aliphatic heterocycles. The van der Waals surface area contributed by atoms with E-state index < -0.39 is 18.0 Å². The SMILES string of the molecule is Cc1ccc(C(=O)O)cc1CC(=O)CC[C@H](N)C(=O)O. The number of rotatable bonds is 7. The number of nitrogens with two attached hydrogens (primary N) is 1. The van der Waals surface area contributed by atoms with E-state index in [-0.39, 0.29) is 30.6 Å². The van der Waals surface area contributed by atoms with E-state index in [1.54, 1.807) is 13.0 Å². The summed E-state index contributed by atoms with van der Waals surface area (Å²) in [5.41, 5.74) is 6.91. The molecular formula is C14H17NO5. The van der Waals surface area contributed by atoms with E-state index in [0.717, 1.165) is 5.56 Å². The number of carboxylic acid groups (broad SMARTS) is 2. The van der Waals surface area contributed by atoms with E-state index in [4.69, 9.17) is 15.9 Å². The van der Waals surface area contributed by atoms with Crippen LogP contribution >= 0.6 is 0 Å². The van der Waals surface area contributed by atoms with Gasteiger partial charge in [-0.3, -0.25) is 9.59 Å². The molecule has 4 N–H and O–H groups in total. The van der Waals surface area contributed by atoms with Crippen molar-refractivity contribution in [2.45, 2.75) is 32.2 Å². The number of hydrogen-bond acceptors (Lipinski definition) is 4. The largest absolute Gasteiger partial charge is 0.480 e. The molecule has 1 aromatic rings. The standard InChI is InChI=1S/C14H17NO5/c1-8-2-3-9(13(17)18)6-10(8)7-11(16)4-5-12(15)14(19)20/h2-3,6,12H,4-5,7,15H2,1H3,(H,17,18)(H,19,20)/t12-/m0/s1. The van der Waals surface area contributed by atoms with Gasteiger partial charge < -0.3 is 15.9 Å². The minimum absolute atomic E-state index is 0.0597. The van der Waals surface area contributed by atoms with Crippen molar-refractivity contribution in [1.29, 1.82) is 0 Å². The Morgan fingerprint density at radius 2 is 1.90 bits per heavy atom. The van der Waals surface area contributed by atoms with Crippen LogP contribution < -0.4 is 5.73 Å². The molecule has 6 heteroatoms. The highest BCUT2D eigenvalue weighted by atomic mass is 16.4. The highest BCUT2D eigenvalue weighted by Gasteiger charge is 2.15. The smallest absolute Gasteiger partial charge is 0.335 e. The fraction of sp³-hybridized carbons (Fsp3) is 0.357. The number of ketones is 1. The van der Waals surface area contributed by atoms with E-state index in [9.17, 15) is 14.4 Å². The summed E-state index contributed by atoms with van der Waals surface area (Å²) in [4.78, 5) is 33.2. The highest BCUT2D eigenvalue weighted by Crippen LogP contribution is 2.13. The number of Topliss-reactive ketones (excluding diaryl/α,β-unsaturated/α-hetero) is 1. The molecule has 6 nitrogen and oxygen atoms in total. The first-order chi connectivity index (χ1) is 9.31. The third-order valence-corrected chi connectivity index (χ3v) is 3.04. The van der Waals surface area contributed by atoms with Crippen molar-refractivity contribution in [3.63, 3.8) is 0 Å². The van der Waals surface area contributed by atoms with Crippen molar-refractivity contribution in [3.05, 3.63) is 34.9 Å². The normalized spacial score (nSPS) is 11.9. The van der Waals surface area contributed by atoms with Gasteiger partial charge in [0.2, 0.25) is 0 Å². The lowest BCUT2D eigenvalue weighted by Gasteiger charge is -2.08. The Labute approximate surface area is 116 Å². The number of carbonyl (C=O) groups is 3. The number of benzene rings is 1. The average Bonchev–Trinajstić information content (AvgIpc) is 2.38. The van der Waals surface area contributed by atoms with E-state index in [1.165, 1.54) is 12.1 Å². The highest BCUT2D eigenvalue weighted by molar-refractivity contribution is 5.89. The van der Waals surface area contributed by atoms with Gasteiger partial charge >= 0.3 is 11.9 Å². The van der Waals surface area contributed by atoms with Crippen molar-refractivity contribution in [1.82, 2.24) is 0 Å². The first-order valence-electron chi connectivity index (χ1n) is 6.14. The van der Waals surface area contributed by atoms with Crippen LogP contribution in [0.3, 0.4) is 0 Å². The zero-order valence-corrected chi connectivity index (χ0v) is 11.1. The Morgan fingerprint density at radius 3 is 2.45 bits per heavy atom. The molecule has 1 aromatic carbocycles. The van der Waals surface area contributed by atoms with Gasteiger partial charge in [-0.15, -0.1) is 0 Å². The van der Waals surface area contributed by atoms with Crippen LogP contribution in [0.15, 0.2) is 18.2 Å². The second kappa shape index (κ2) is 6.81. The van der Waals surface area contributed by atoms with Crippen LogP contribution in [0.1, 0.15) is 34.3 Å². The molecule has 0 spiro atoms. The molecule has 0 radical (unpaired) electrons. The summed E-state index contributed by atoms with van der Waals surface area (Å²) >= 11 is 0. The Hall–Kier alpha value is -2.21. The van der Waals surface area contributed by atoms with Crippen LogP contribution in [-0.2, 0) is 16.0 Å². The molecule has 0 aliphatic carbocycles. The minimum atomic E-state index is -1.14. The zero-order chi connectivity index (χ0) is 15.3. The molecule has 1 atom stereocenters. The molecule has 20 heavy (non-hydrogen) atoms. The van der Waals surface area contributed by atoms with Gasteiger partial charge in [-0.1, -0.05) is 6.07 Å². The molecule has 0 saturated heterocycles. The molecule has 108 valence electrons. The van der Waals surface area contributed by atoms with E-state index in [1.807, 2.05) is 0 Å². The number of aryl methyl sites for hydroxylation is 1. The monoisotopic (exact) mass is 279 g/mol. The summed E-state index contributed by atoms with van der Waals surface area (Å²) in [5, 5.41) is 17.5. The Morgan fingerprint density at radius 1 is 1.25 bits per heavy atom. The van der Waals surface area contributed by atoms with Crippen molar-refractivity contribution in [2.75, 3.05) is 0 Å². The number of hydrogen-bond donors (Lipinski definition) is 3. The molecular weight excluding hydrogens is 262 g/mol. The molecule has 0 unspecified atom stereocenters. The number of carboxylic acids is 2. The second-order valence-corrected chi connectivity index (χ2v) is 4.65. The van der Waals surface area contributed by atoms with Gasteiger partial charge in [-0.2, -0.15) is 0 Å². The molecule has 1 rings (SSSR count). The Kier molecular flexibility index (Phi) is 5.40. The van der Waals surface area contributed by atoms with Gasteiger partial charge in [0.25, 0.3) is 0 Å². The lowest BCUT2D eigenvalue weighted by atomic mass is 9.98. The molecule has 0 heterocycles. The third kappa shape index (κ3) is 4.47. The summed E-state index contributed by atoms with van der Waals surface area (Å²) in [6, 6.07) is 3.54. The van der Waals surface area contributed by atoms with E-state index in [2.05, 4.69) is 0 Å². The van der Waals surface area contributed by atoms with E-state index in [0.29, 0.717) is 5.56 Å². The fourth-order valence-corrected chi connectivity index (χ4v) is 1.74. The zero-order valence-electron chi connectivity index (χ0n) is 11.1. The predicted octanol–water partition coefficient (Wildman–Crippen LogP) is 0.997. The van der Waals surface area contributed by atoms with Crippen LogP contribution in [0, 0.1) is 6.92 Å². The Balaban J connectivity index is 2.68. The molecule has 0 amide bonds. The second-order valence-electron chi connectivity index (χ2n) is 4.65. The fourth-order valence-electron chi connectivity index (χ4n) is 1.74. The molecule has 0 bridgehead atoms. The van der Waals surface area contributed by atoms with Crippen molar-refractivity contribution >= 4 is 17.7 Å². The maximum Gasteiger partial charge on any atom is 0.335 e. The Bertz CT molecular complexity index is 538. The number of aromatic carboxylic acids is 1. The molecule has 0 fully saturated rings. The minimum Gasteiger partial charge on any atom is -0.480 e. The molecule has 0 saturated carbocycles. The van der Waals surface area contributed by atoms with Crippen molar-refractivity contribution in [3.8, 4) is 0 Å². The lowest BCUT2D eigenvalue weighted by Crippen LogP contribution is -2.30. The summed E-state index contributed by atoms with van der Waals surface area (Å²) in [6.45, 7) is 1.79. The molecule has 0 aromatic heterocycles. The van der Waals surface area contributed by atoms with Crippen LogP contribution in [0.5, 0.6) is 0 Å². The van der Waals surface area contributed by atoms with Crippen LogP contribution in [0.4, 0.5) is 0 Å². The van der Waals surface area contributed by atoms with Gasteiger partial charge in [0.05, 0.1) is 5.56 Å². The summed E-state index contributed by atoms with van der Waals surface area (Å²) in [5.74, 6) is -2.35. The number of carbonyl (C=O) groups excluding carboxylic acids is 1. The van der Waals surface area contributed by atoms with Gasteiger partial charge in [-0.25, -0.2) is 4.79 Å². The van der Waals surface area contributed by atoms with Crippen LogP contribution in [0.25, 0.3) is 0 Å².